The lowest BCUT2D eigenvalue weighted by molar-refractivity contribution is 0.0925. The van der Waals surface area contributed by atoms with Gasteiger partial charge in [-0.2, -0.15) is 0 Å². The van der Waals surface area contributed by atoms with Gasteiger partial charge in [0.25, 0.3) is 5.91 Å². The Bertz CT molecular complexity index is 469. The van der Waals surface area contributed by atoms with Gasteiger partial charge in [0, 0.05) is 6.04 Å². The van der Waals surface area contributed by atoms with Crippen molar-refractivity contribution in [1.29, 1.82) is 0 Å². The maximum Gasteiger partial charge on any atom is 0.257 e. The number of carbonyl (C=O) groups is 1. The molecule has 0 spiro atoms. The van der Waals surface area contributed by atoms with E-state index in [-0.39, 0.29) is 11.7 Å². The van der Waals surface area contributed by atoms with Crippen LogP contribution in [0.5, 0.6) is 0 Å². The van der Waals surface area contributed by atoms with Crippen LogP contribution in [0.25, 0.3) is 0 Å². The number of nitrogen functional groups attached to an aromatic ring is 1. The number of anilines is 1. The Morgan fingerprint density at radius 2 is 1.79 bits per heavy atom. The predicted molar refractivity (Wildman–Crippen MR) is 69.7 cm³/mol. The van der Waals surface area contributed by atoms with Crippen LogP contribution in [0.2, 0.25) is 0 Å². The lowest BCUT2D eigenvalue weighted by atomic mass is 10.1. The summed E-state index contributed by atoms with van der Waals surface area (Å²) in [5.74, 6) is -2.57. The molecule has 3 nitrogen and oxygen atoms in total. The molecule has 0 aliphatic heterocycles. The van der Waals surface area contributed by atoms with E-state index in [9.17, 15) is 13.6 Å². The summed E-state index contributed by atoms with van der Waals surface area (Å²) in [7, 11) is 0. The number of carbonyl (C=O) groups excluding carboxylic acids is 1. The number of nitrogens with two attached hydrogens (primary N) is 1. The first kappa shape index (κ1) is 13.8. The molecule has 2 rings (SSSR count). The van der Waals surface area contributed by atoms with E-state index in [4.69, 9.17) is 5.73 Å². The zero-order valence-electron chi connectivity index (χ0n) is 10.7. The van der Waals surface area contributed by atoms with Crippen LogP contribution in [0.3, 0.4) is 0 Å². The quantitative estimate of drug-likeness (QED) is 0.640. The molecule has 1 aromatic rings. The molecule has 5 heteroatoms. The van der Waals surface area contributed by atoms with Crippen LogP contribution in [-0.2, 0) is 0 Å². The lowest BCUT2D eigenvalue weighted by Gasteiger charge is -2.17. The second kappa shape index (κ2) is 5.99. The highest BCUT2D eigenvalue weighted by atomic mass is 19.1. The molecule has 0 saturated heterocycles. The van der Waals surface area contributed by atoms with Crippen LogP contribution in [0, 0.1) is 11.6 Å². The molecule has 0 aromatic heterocycles. The number of hydrogen-bond donors (Lipinski definition) is 2. The normalized spacial score (nSPS) is 16.9. The Kier molecular flexibility index (Phi) is 4.35. The number of rotatable bonds is 2. The summed E-state index contributed by atoms with van der Waals surface area (Å²) in [5, 5.41) is 2.71. The third-order valence-electron chi connectivity index (χ3n) is 3.54. The average molecular weight is 268 g/mol. The van der Waals surface area contributed by atoms with E-state index in [0.717, 1.165) is 50.7 Å². The van der Waals surface area contributed by atoms with E-state index in [0.29, 0.717) is 0 Å². The minimum absolute atomic E-state index is 0.00442. The first-order valence-electron chi connectivity index (χ1n) is 6.64. The van der Waals surface area contributed by atoms with E-state index in [1.807, 2.05) is 0 Å². The second-order valence-corrected chi connectivity index (χ2v) is 4.99. The fourth-order valence-electron chi connectivity index (χ4n) is 2.46. The van der Waals surface area contributed by atoms with Crippen LogP contribution in [-0.4, -0.2) is 11.9 Å². The molecule has 0 bridgehead atoms. The maximum atomic E-state index is 13.7. The smallest absolute Gasteiger partial charge is 0.257 e. The fraction of sp³-hybridized carbons (Fsp3) is 0.500. The molecule has 0 atom stereocenters. The topological polar surface area (TPSA) is 55.1 Å². The summed E-state index contributed by atoms with van der Waals surface area (Å²) in [5.41, 5.74) is 4.57. The molecule has 1 aliphatic rings. The van der Waals surface area contributed by atoms with E-state index in [1.54, 1.807) is 0 Å². The summed E-state index contributed by atoms with van der Waals surface area (Å²) >= 11 is 0. The summed E-state index contributed by atoms with van der Waals surface area (Å²) in [4.78, 5) is 12.0. The molecule has 1 fully saturated rings. The summed E-state index contributed by atoms with van der Waals surface area (Å²) in [6.45, 7) is 0. The molecular weight excluding hydrogens is 250 g/mol. The van der Waals surface area contributed by atoms with Crippen molar-refractivity contribution in [2.24, 2.45) is 0 Å². The molecule has 1 aliphatic carbocycles. The van der Waals surface area contributed by atoms with Crippen LogP contribution in [0.15, 0.2) is 12.1 Å². The largest absolute Gasteiger partial charge is 0.396 e. The molecular formula is C14H18F2N2O. The van der Waals surface area contributed by atoms with Crippen molar-refractivity contribution in [1.82, 2.24) is 5.32 Å². The SMILES string of the molecule is Nc1ccc(F)c(C(=O)NC2CCCCCC2)c1F. The third-order valence-corrected chi connectivity index (χ3v) is 3.54. The molecule has 0 heterocycles. The molecule has 1 aromatic carbocycles. The Hall–Kier alpha value is -1.65. The van der Waals surface area contributed by atoms with E-state index < -0.39 is 23.1 Å². The van der Waals surface area contributed by atoms with Crippen LogP contribution in [0.4, 0.5) is 14.5 Å². The third kappa shape index (κ3) is 3.22. The zero-order chi connectivity index (χ0) is 13.8. The molecule has 3 N–H and O–H groups in total. The van der Waals surface area contributed by atoms with Gasteiger partial charge in [-0.3, -0.25) is 4.79 Å². The van der Waals surface area contributed by atoms with Gasteiger partial charge >= 0.3 is 0 Å². The fourth-order valence-corrected chi connectivity index (χ4v) is 2.46. The summed E-state index contributed by atoms with van der Waals surface area (Å²) in [6, 6.07) is 2.13. The Balaban J connectivity index is 2.13. The predicted octanol–water partition coefficient (Wildman–Crippen LogP) is 3.00. The van der Waals surface area contributed by atoms with Gasteiger partial charge in [-0.05, 0) is 25.0 Å². The van der Waals surface area contributed by atoms with Gasteiger partial charge in [0.05, 0.1) is 5.69 Å². The Morgan fingerprint density at radius 3 is 2.42 bits per heavy atom. The van der Waals surface area contributed by atoms with Crippen LogP contribution in [0.1, 0.15) is 48.9 Å². The van der Waals surface area contributed by atoms with Crippen molar-refractivity contribution in [3.05, 3.63) is 29.3 Å². The van der Waals surface area contributed by atoms with Gasteiger partial charge < -0.3 is 11.1 Å². The van der Waals surface area contributed by atoms with Gasteiger partial charge in [0.15, 0.2) is 5.82 Å². The number of nitrogens with one attached hydrogen (secondary N) is 1. The van der Waals surface area contributed by atoms with Crippen molar-refractivity contribution in [3.8, 4) is 0 Å². The van der Waals surface area contributed by atoms with E-state index in [2.05, 4.69) is 5.32 Å². The average Bonchev–Trinajstić information content (AvgIpc) is 2.63. The van der Waals surface area contributed by atoms with Crippen molar-refractivity contribution < 1.29 is 13.6 Å². The molecule has 0 unspecified atom stereocenters. The van der Waals surface area contributed by atoms with Crippen LogP contribution < -0.4 is 11.1 Å². The van der Waals surface area contributed by atoms with Gasteiger partial charge in [0.2, 0.25) is 0 Å². The lowest BCUT2D eigenvalue weighted by Crippen LogP contribution is -2.35. The van der Waals surface area contributed by atoms with Crippen molar-refractivity contribution in [3.63, 3.8) is 0 Å². The van der Waals surface area contributed by atoms with Crippen molar-refractivity contribution >= 4 is 11.6 Å². The first-order chi connectivity index (χ1) is 9.09. The minimum Gasteiger partial charge on any atom is -0.396 e. The number of benzene rings is 1. The van der Waals surface area contributed by atoms with Gasteiger partial charge in [-0.25, -0.2) is 8.78 Å². The highest BCUT2D eigenvalue weighted by Gasteiger charge is 2.22. The minimum atomic E-state index is -0.980. The van der Waals surface area contributed by atoms with Gasteiger partial charge in [-0.15, -0.1) is 0 Å². The number of amides is 1. The molecule has 104 valence electrons. The molecule has 1 saturated carbocycles. The Morgan fingerprint density at radius 1 is 1.16 bits per heavy atom. The van der Waals surface area contributed by atoms with E-state index in [1.165, 1.54) is 0 Å². The van der Waals surface area contributed by atoms with Gasteiger partial charge in [-0.1, -0.05) is 25.7 Å². The zero-order valence-corrected chi connectivity index (χ0v) is 10.7. The van der Waals surface area contributed by atoms with Crippen LogP contribution >= 0.6 is 0 Å². The number of halogens is 2. The second-order valence-electron chi connectivity index (χ2n) is 4.99. The maximum absolute atomic E-state index is 13.7. The van der Waals surface area contributed by atoms with Crippen molar-refractivity contribution in [2.45, 2.75) is 44.6 Å². The van der Waals surface area contributed by atoms with Gasteiger partial charge in [0.1, 0.15) is 11.4 Å². The highest BCUT2D eigenvalue weighted by Crippen LogP contribution is 2.21. The Labute approximate surface area is 111 Å². The molecule has 19 heavy (non-hydrogen) atoms. The van der Waals surface area contributed by atoms with Crippen molar-refractivity contribution in [2.75, 3.05) is 5.73 Å². The first-order valence-corrected chi connectivity index (χ1v) is 6.64. The number of hydrogen-bond acceptors (Lipinski definition) is 2. The monoisotopic (exact) mass is 268 g/mol. The summed E-state index contributed by atoms with van der Waals surface area (Å²) in [6.07, 6.45) is 6.08. The highest BCUT2D eigenvalue weighted by molar-refractivity contribution is 5.95. The molecule has 0 radical (unpaired) electrons. The molecule has 1 amide bonds. The standard InChI is InChI=1S/C14H18F2N2O/c15-10-7-8-11(17)13(16)12(10)14(19)18-9-5-3-1-2-4-6-9/h7-9H,1-6,17H2,(H,18,19). The van der Waals surface area contributed by atoms with E-state index >= 15 is 0 Å². The summed E-state index contributed by atoms with van der Waals surface area (Å²) < 4.78 is 27.3.